The first-order valence-corrected chi connectivity index (χ1v) is 14.6. The van der Waals surface area contributed by atoms with Crippen LogP contribution < -0.4 is 0 Å². The van der Waals surface area contributed by atoms with Crippen LogP contribution >= 0.6 is 11.8 Å². The first-order chi connectivity index (χ1) is 17.5. The van der Waals surface area contributed by atoms with Gasteiger partial charge in [-0.15, -0.1) is 0 Å². The number of thioether (sulfide) groups is 1. The summed E-state index contributed by atoms with van der Waals surface area (Å²) in [7, 11) is 0. The lowest BCUT2D eigenvalue weighted by Gasteiger charge is -2.62. The summed E-state index contributed by atoms with van der Waals surface area (Å²) in [5.41, 5.74) is -4.51. The molecule has 2 N–H and O–H groups in total. The van der Waals surface area contributed by atoms with E-state index in [-0.39, 0.29) is 36.0 Å². The van der Waals surface area contributed by atoms with Gasteiger partial charge in [-0.3, -0.25) is 9.59 Å². The van der Waals surface area contributed by atoms with Crippen LogP contribution in [0.15, 0.2) is 23.8 Å². The molecule has 0 aromatic carbocycles. The lowest BCUT2D eigenvalue weighted by atomic mass is 9.45. The third-order valence-electron chi connectivity index (χ3n) is 10.6. The van der Waals surface area contributed by atoms with E-state index in [0.29, 0.717) is 30.6 Å². The summed E-state index contributed by atoms with van der Waals surface area (Å²) >= 11 is 0.582. The van der Waals surface area contributed by atoms with Crippen LogP contribution in [-0.2, 0) is 9.59 Å². The number of carbonyl (C=O) groups is 2. The fourth-order valence-corrected chi connectivity index (χ4v) is 9.76. The first kappa shape index (κ1) is 27.4. The summed E-state index contributed by atoms with van der Waals surface area (Å²) in [5.74, 6) is -2.41. The minimum absolute atomic E-state index is 0.0277. The van der Waals surface area contributed by atoms with Crippen molar-refractivity contribution in [1.29, 1.82) is 0 Å². The van der Waals surface area contributed by atoms with E-state index in [0.717, 1.165) is 31.8 Å². The third kappa shape index (κ3) is 4.18. The van der Waals surface area contributed by atoms with Gasteiger partial charge in [0.25, 0.3) is 0 Å². The van der Waals surface area contributed by atoms with Crippen molar-refractivity contribution in [3.8, 4) is 0 Å². The molecule has 0 bridgehead atoms. The second-order valence-corrected chi connectivity index (χ2v) is 13.4. The second kappa shape index (κ2) is 9.79. The van der Waals surface area contributed by atoms with Crippen molar-refractivity contribution >= 4 is 22.7 Å². The average molecular weight is 542 g/mol. The van der Waals surface area contributed by atoms with Crippen LogP contribution in [0.5, 0.6) is 0 Å². The number of alkyl halides is 3. The summed E-state index contributed by atoms with van der Waals surface area (Å²) in [6, 6.07) is -0.885. The maximum absolute atomic E-state index is 17.3. The van der Waals surface area contributed by atoms with Gasteiger partial charge in [0.05, 0.1) is 6.10 Å². The van der Waals surface area contributed by atoms with Crippen molar-refractivity contribution < 1.29 is 33.1 Å². The Hall–Kier alpha value is -1.16. The molecule has 0 unspecified atom stereocenters. The van der Waals surface area contributed by atoms with Crippen LogP contribution in [-0.4, -0.2) is 63.3 Å². The Morgan fingerprint density at radius 3 is 2.57 bits per heavy atom. The highest BCUT2D eigenvalue weighted by Crippen LogP contribution is 2.70. The minimum atomic E-state index is -2.22. The molecule has 5 nitrogen and oxygen atoms in total. The number of ketones is 1. The van der Waals surface area contributed by atoms with Crippen molar-refractivity contribution in [1.82, 2.24) is 5.06 Å². The maximum Gasteiger partial charge on any atom is 0.195 e. The zero-order chi connectivity index (χ0) is 26.8. The molecule has 37 heavy (non-hydrogen) atoms. The van der Waals surface area contributed by atoms with Crippen LogP contribution in [0.4, 0.5) is 13.2 Å². The van der Waals surface area contributed by atoms with E-state index in [1.807, 2.05) is 6.92 Å². The highest BCUT2D eigenvalue weighted by atomic mass is 32.2. The summed E-state index contributed by atoms with van der Waals surface area (Å²) in [6.45, 7) is 4.09. The van der Waals surface area contributed by atoms with Crippen molar-refractivity contribution in [3.63, 3.8) is 0 Å². The van der Waals surface area contributed by atoms with Crippen LogP contribution in [0.2, 0.25) is 0 Å². The summed E-state index contributed by atoms with van der Waals surface area (Å²) in [4.78, 5) is 25.3. The quantitative estimate of drug-likeness (QED) is 0.450. The molecule has 4 saturated carbocycles. The van der Waals surface area contributed by atoms with Gasteiger partial charge in [0.2, 0.25) is 0 Å². The number of halogens is 3. The van der Waals surface area contributed by atoms with Crippen LogP contribution in [0, 0.1) is 40.4 Å². The number of hydrogen-bond donors (Lipinski definition) is 2. The monoisotopic (exact) mass is 541 g/mol. The Kier molecular flexibility index (Phi) is 7.25. The molecule has 9 atom stereocenters. The summed E-state index contributed by atoms with van der Waals surface area (Å²) in [6.07, 6.45) is 5.29. The van der Waals surface area contributed by atoms with Crippen LogP contribution in [0.1, 0.15) is 58.8 Å². The number of fused-ring (bicyclic) bond motifs is 5. The normalized spacial score (nSPS) is 45.5. The Morgan fingerprint density at radius 1 is 1.19 bits per heavy atom. The fourth-order valence-electron chi connectivity index (χ4n) is 9.01. The number of rotatable bonds is 6. The predicted octanol–water partition coefficient (Wildman–Crippen LogP) is 5.22. The van der Waals surface area contributed by atoms with Gasteiger partial charge < -0.3 is 10.3 Å². The van der Waals surface area contributed by atoms with Gasteiger partial charge in [-0.25, -0.2) is 13.2 Å². The van der Waals surface area contributed by atoms with E-state index in [2.05, 4.69) is 0 Å². The topological polar surface area (TPSA) is 77.8 Å². The number of allylic oxidation sites excluding steroid dienone is 4. The molecule has 0 saturated heterocycles. The van der Waals surface area contributed by atoms with Gasteiger partial charge in [0.1, 0.15) is 12.2 Å². The molecule has 0 aromatic rings. The maximum atomic E-state index is 17.3. The summed E-state index contributed by atoms with van der Waals surface area (Å²) < 4.78 is 46.3. The molecule has 5 aliphatic carbocycles. The van der Waals surface area contributed by atoms with Crippen molar-refractivity contribution in [2.75, 3.05) is 19.1 Å². The zero-order valence-electron chi connectivity index (χ0n) is 21.5. The van der Waals surface area contributed by atoms with Gasteiger partial charge in [0.15, 0.2) is 16.6 Å². The molecule has 0 aromatic heterocycles. The molecule has 5 aliphatic rings. The van der Waals surface area contributed by atoms with E-state index in [9.17, 15) is 24.3 Å². The molecule has 0 amide bonds. The molecule has 206 valence electrons. The molecule has 9 heteroatoms. The molecular formula is C28H38F3NO4S. The Morgan fingerprint density at radius 2 is 1.89 bits per heavy atom. The minimum Gasteiger partial charge on any atom is -0.390 e. The third-order valence-corrected chi connectivity index (χ3v) is 11.3. The van der Waals surface area contributed by atoms with Gasteiger partial charge in [-0.2, -0.15) is 5.06 Å². The van der Waals surface area contributed by atoms with E-state index in [1.165, 1.54) is 17.2 Å². The number of aliphatic hydroxyl groups is 1. The average Bonchev–Trinajstić information content (AvgIpc) is 3.43. The van der Waals surface area contributed by atoms with E-state index in [1.54, 1.807) is 6.92 Å². The number of nitrogens with zero attached hydrogens (tertiary/aromatic N) is 1. The van der Waals surface area contributed by atoms with Gasteiger partial charge in [-0.1, -0.05) is 37.6 Å². The first-order valence-electron chi connectivity index (χ1n) is 13.6. The van der Waals surface area contributed by atoms with E-state index in [4.69, 9.17) is 0 Å². The Balaban J connectivity index is 1.49. The fraction of sp³-hybridized carbons (Fsp3) is 0.786. The highest BCUT2D eigenvalue weighted by molar-refractivity contribution is 8.13. The lowest BCUT2D eigenvalue weighted by molar-refractivity contribution is -0.201. The number of hydrogen-bond acceptors (Lipinski definition) is 6. The van der Waals surface area contributed by atoms with Crippen LogP contribution in [0.25, 0.3) is 0 Å². The molecule has 5 rings (SSSR count). The van der Waals surface area contributed by atoms with Crippen LogP contribution in [0.3, 0.4) is 0 Å². The number of hydroxylamine groups is 2. The smallest absolute Gasteiger partial charge is 0.195 e. The second-order valence-electron chi connectivity index (χ2n) is 12.5. The van der Waals surface area contributed by atoms with Crippen molar-refractivity contribution in [3.05, 3.63) is 23.8 Å². The SMILES string of the molecule is C[C@]12C[C@H](O)[C@@]3(F)[C@@H](C[C@H](F)C4=CC(=O)C=C[C@@]43C)[C@@H]1C[C@@H](CN(O)CC1CCCC1)[C@@H]2C(=O)SCF. The van der Waals surface area contributed by atoms with Gasteiger partial charge in [0, 0.05) is 30.3 Å². The highest BCUT2D eigenvalue weighted by Gasteiger charge is 2.73. The lowest BCUT2D eigenvalue weighted by Crippen LogP contribution is -2.68. The van der Waals surface area contributed by atoms with Crippen molar-refractivity contribution in [2.24, 2.45) is 40.4 Å². The Labute approximate surface area is 220 Å². The van der Waals surface area contributed by atoms with E-state index >= 15 is 8.78 Å². The summed E-state index contributed by atoms with van der Waals surface area (Å²) in [5, 5.41) is 23.2. The van der Waals surface area contributed by atoms with E-state index < -0.39 is 58.3 Å². The molecular weight excluding hydrogens is 503 g/mol. The predicted molar refractivity (Wildman–Crippen MR) is 135 cm³/mol. The van der Waals surface area contributed by atoms with Gasteiger partial charge in [-0.05, 0) is 79.9 Å². The molecule has 0 radical (unpaired) electrons. The molecule has 0 heterocycles. The number of aliphatic hydroxyl groups excluding tert-OH is 1. The zero-order valence-corrected chi connectivity index (χ0v) is 22.4. The molecule has 0 aliphatic heterocycles. The Bertz CT molecular complexity index is 1000. The van der Waals surface area contributed by atoms with Gasteiger partial charge >= 0.3 is 0 Å². The molecule has 0 spiro atoms. The number of carbonyl (C=O) groups excluding carboxylic acids is 2. The molecule has 4 fully saturated rings. The van der Waals surface area contributed by atoms with Crippen molar-refractivity contribution in [2.45, 2.75) is 76.7 Å². The standard InChI is InChI=1S/C28H38F3NO4S/c1-26-12-23(34)28(31)20(11-22(30)21-10-18(33)7-8-27(21,28)2)19(26)9-17(24(26)25(35)37-15-29)14-32(36)13-16-5-3-4-6-16/h7-8,10,16-17,19-20,22-24,34,36H,3-6,9,11-15H2,1-2H3/t17-,19-,20-,22-,23-,24+,26-,27-,28-/m0/s1. The largest absolute Gasteiger partial charge is 0.390 e.